The molecule has 0 atom stereocenters. The van der Waals surface area contributed by atoms with Gasteiger partial charge in [-0.05, 0) is 24.3 Å². The number of benzene rings is 1. The highest BCUT2D eigenvalue weighted by atomic mass is 32.2. The van der Waals surface area contributed by atoms with Crippen molar-refractivity contribution in [1.82, 2.24) is 10.2 Å². The van der Waals surface area contributed by atoms with E-state index in [9.17, 15) is 18.0 Å². The fourth-order valence-electron chi connectivity index (χ4n) is 1.63. The summed E-state index contributed by atoms with van der Waals surface area (Å²) >= 11 is 2.19. The van der Waals surface area contributed by atoms with E-state index in [-0.39, 0.29) is 22.7 Å². The van der Waals surface area contributed by atoms with Gasteiger partial charge in [0.15, 0.2) is 4.34 Å². The molecule has 9 nitrogen and oxygen atoms in total. The predicted octanol–water partition coefficient (Wildman–Crippen LogP) is 1.60. The van der Waals surface area contributed by atoms with Crippen LogP contribution < -0.4 is 15.4 Å². The Hall–Kier alpha value is -2.18. The van der Waals surface area contributed by atoms with Gasteiger partial charge in [0.1, 0.15) is 0 Å². The van der Waals surface area contributed by atoms with Crippen LogP contribution in [0.5, 0.6) is 0 Å². The van der Waals surface area contributed by atoms with Gasteiger partial charge in [-0.3, -0.25) is 14.3 Å². The molecule has 2 amide bonds. The second-order valence-corrected chi connectivity index (χ2v) is 8.79. The summed E-state index contributed by atoms with van der Waals surface area (Å²) in [6.07, 6.45) is 1.02. The van der Waals surface area contributed by atoms with Gasteiger partial charge in [0.25, 0.3) is 0 Å². The Kier molecular flexibility index (Phi) is 6.33. The van der Waals surface area contributed by atoms with E-state index in [0.29, 0.717) is 15.7 Å². The van der Waals surface area contributed by atoms with Crippen molar-refractivity contribution in [3.8, 4) is 0 Å². The normalized spacial score (nSPS) is 11.0. The fraction of sp³-hybridized carbons (Fsp3) is 0.231. The number of amides is 2. The van der Waals surface area contributed by atoms with Gasteiger partial charge >= 0.3 is 0 Å². The SMILES string of the molecule is CC(=O)Nc1ccc(NC(=O)CSc2nnc(NS(C)(=O)=O)s2)cc1. The van der Waals surface area contributed by atoms with Crippen LogP contribution in [0.3, 0.4) is 0 Å². The van der Waals surface area contributed by atoms with Crippen LogP contribution in [0, 0.1) is 0 Å². The number of aromatic nitrogens is 2. The molecule has 0 aliphatic heterocycles. The third-order valence-corrected chi connectivity index (χ3v) is 5.16. The lowest BCUT2D eigenvalue weighted by Crippen LogP contribution is -2.14. The van der Waals surface area contributed by atoms with Crippen molar-refractivity contribution >= 4 is 61.4 Å². The smallest absolute Gasteiger partial charge is 0.234 e. The van der Waals surface area contributed by atoms with E-state index in [4.69, 9.17) is 0 Å². The van der Waals surface area contributed by atoms with Gasteiger partial charge in [0.2, 0.25) is 27.0 Å². The summed E-state index contributed by atoms with van der Waals surface area (Å²) in [5.41, 5.74) is 1.23. The third-order valence-electron chi connectivity index (χ3n) is 2.49. The molecule has 0 spiro atoms. The molecule has 0 aliphatic rings. The van der Waals surface area contributed by atoms with Gasteiger partial charge in [-0.25, -0.2) is 8.42 Å². The number of nitrogens with one attached hydrogen (secondary N) is 3. The lowest BCUT2D eigenvalue weighted by molar-refractivity contribution is -0.114. The number of rotatable bonds is 7. The Bertz CT molecular complexity index is 864. The summed E-state index contributed by atoms with van der Waals surface area (Å²) in [6.45, 7) is 1.41. The van der Waals surface area contributed by atoms with E-state index in [1.54, 1.807) is 24.3 Å². The molecule has 1 heterocycles. The van der Waals surface area contributed by atoms with Crippen molar-refractivity contribution in [1.29, 1.82) is 0 Å². The number of hydrogen-bond acceptors (Lipinski definition) is 8. The fourth-order valence-corrected chi connectivity index (χ4v) is 4.01. The second kappa shape index (κ2) is 8.27. The molecule has 2 aromatic rings. The zero-order valence-corrected chi connectivity index (χ0v) is 15.7. The first-order valence-corrected chi connectivity index (χ1v) is 10.5. The molecule has 0 saturated carbocycles. The lowest BCUT2D eigenvalue weighted by Gasteiger charge is -2.06. The molecule has 1 aromatic carbocycles. The summed E-state index contributed by atoms with van der Waals surface area (Å²) < 4.78 is 24.9. The Labute approximate surface area is 152 Å². The minimum absolute atomic E-state index is 0.0982. The van der Waals surface area contributed by atoms with Crippen molar-refractivity contribution in [2.45, 2.75) is 11.3 Å². The van der Waals surface area contributed by atoms with Crippen LogP contribution in [-0.2, 0) is 19.6 Å². The first kappa shape index (κ1) is 19.1. The van der Waals surface area contributed by atoms with Crippen LogP contribution in [-0.4, -0.2) is 42.4 Å². The number of anilines is 3. The van der Waals surface area contributed by atoms with Crippen LogP contribution in [0.1, 0.15) is 6.92 Å². The monoisotopic (exact) mass is 401 g/mol. The van der Waals surface area contributed by atoms with E-state index in [1.165, 1.54) is 6.92 Å². The van der Waals surface area contributed by atoms with E-state index in [0.717, 1.165) is 29.4 Å². The molecular weight excluding hydrogens is 386 g/mol. The molecule has 0 saturated heterocycles. The Balaban J connectivity index is 1.83. The molecule has 134 valence electrons. The van der Waals surface area contributed by atoms with E-state index in [1.807, 2.05) is 0 Å². The van der Waals surface area contributed by atoms with Crippen LogP contribution in [0.2, 0.25) is 0 Å². The Morgan fingerprint density at radius 3 is 2.28 bits per heavy atom. The minimum Gasteiger partial charge on any atom is -0.326 e. The van der Waals surface area contributed by atoms with E-state index < -0.39 is 10.0 Å². The highest BCUT2D eigenvalue weighted by Gasteiger charge is 2.11. The third kappa shape index (κ3) is 7.07. The van der Waals surface area contributed by atoms with Crippen LogP contribution in [0.15, 0.2) is 28.6 Å². The van der Waals surface area contributed by atoms with Crippen molar-refractivity contribution in [2.24, 2.45) is 0 Å². The summed E-state index contributed by atoms with van der Waals surface area (Å²) in [6, 6.07) is 6.70. The standard InChI is InChI=1S/C13H15N5O4S3/c1-8(19)14-9-3-5-10(6-4-9)15-11(20)7-23-13-17-16-12(24-13)18-25(2,21)22/h3-6H,7H2,1-2H3,(H,14,19)(H,15,20)(H,16,18). The van der Waals surface area contributed by atoms with Gasteiger partial charge in [-0.15, -0.1) is 10.2 Å². The molecule has 3 N–H and O–H groups in total. The molecule has 1 aromatic heterocycles. The van der Waals surface area contributed by atoms with Gasteiger partial charge in [0, 0.05) is 18.3 Å². The minimum atomic E-state index is -3.40. The van der Waals surface area contributed by atoms with Crippen LogP contribution >= 0.6 is 23.1 Å². The largest absolute Gasteiger partial charge is 0.326 e. The average molecular weight is 401 g/mol. The van der Waals surface area contributed by atoms with Crippen molar-refractivity contribution < 1.29 is 18.0 Å². The Morgan fingerprint density at radius 1 is 1.12 bits per heavy atom. The summed E-state index contributed by atoms with van der Waals surface area (Å²) in [5, 5.41) is 13.0. The molecule has 0 unspecified atom stereocenters. The first-order chi connectivity index (χ1) is 11.7. The first-order valence-electron chi connectivity index (χ1n) is 6.83. The van der Waals surface area contributed by atoms with Gasteiger partial charge in [0.05, 0.1) is 12.0 Å². The lowest BCUT2D eigenvalue weighted by atomic mass is 10.3. The van der Waals surface area contributed by atoms with Crippen molar-refractivity contribution in [2.75, 3.05) is 27.4 Å². The Morgan fingerprint density at radius 2 is 1.72 bits per heavy atom. The molecule has 25 heavy (non-hydrogen) atoms. The maximum Gasteiger partial charge on any atom is 0.234 e. The quantitative estimate of drug-likeness (QED) is 0.601. The van der Waals surface area contributed by atoms with Gasteiger partial charge < -0.3 is 10.6 Å². The number of carbonyl (C=O) groups is 2. The molecule has 0 aliphatic carbocycles. The highest BCUT2D eigenvalue weighted by Crippen LogP contribution is 2.26. The molecule has 0 fully saturated rings. The maximum atomic E-state index is 11.9. The average Bonchev–Trinajstić information content (AvgIpc) is 2.92. The van der Waals surface area contributed by atoms with Crippen molar-refractivity contribution in [3.05, 3.63) is 24.3 Å². The van der Waals surface area contributed by atoms with Crippen LogP contribution in [0.4, 0.5) is 16.5 Å². The summed E-state index contributed by atoms with van der Waals surface area (Å²) in [7, 11) is -3.40. The topological polar surface area (TPSA) is 130 Å². The number of carbonyl (C=O) groups excluding carboxylic acids is 2. The molecule has 12 heteroatoms. The van der Waals surface area contributed by atoms with Crippen LogP contribution in [0.25, 0.3) is 0 Å². The van der Waals surface area contributed by atoms with Gasteiger partial charge in [-0.2, -0.15) is 0 Å². The van der Waals surface area contributed by atoms with E-state index >= 15 is 0 Å². The molecular formula is C13H15N5O4S3. The van der Waals surface area contributed by atoms with E-state index in [2.05, 4.69) is 25.6 Å². The van der Waals surface area contributed by atoms with Gasteiger partial charge in [-0.1, -0.05) is 23.1 Å². The number of hydrogen-bond donors (Lipinski definition) is 3. The molecule has 0 radical (unpaired) electrons. The van der Waals surface area contributed by atoms with Crippen molar-refractivity contribution in [3.63, 3.8) is 0 Å². The number of sulfonamides is 1. The number of thioether (sulfide) groups is 1. The molecule has 0 bridgehead atoms. The maximum absolute atomic E-state index is 11.9. The summed E-state index contributed by atoms with van der Waals surface area (Å²) in [5.74, 6) is -0.318. The highest BCUT2D eigenvalue weighted by molar-refractivity contribution is 8.01. The predicted molar refractivity (Wildman–Crippen MR) is 98.5 cm³/mol. The second-order valence-electron chi connectivity index (χ2n) is 4.84. The zero-order valence-electron chi connectivity index (χ0n) is 13.3. The summed E-state index contributed by atoms with van der Waals surface area (Å²) in [4.78, 5) is 22.9. The molecule has 2 rings (SSSR count). The zero-order chi connectivity index (χ0) is 18.4. The number of nitrogens with zero attached hydrogens (tertiary/aromatic N) is 2.